The minimum absolute atomic E-state index is 0.0286. The number of hydrogen-bond acceptors (Lipinski definition) is 3. The van der Waals surface area contributed by atoms with Crippen LogP contribution in [0.3, 0.4) is 0 Å². The van der Waals surface area contributed by atoms with Gasteiger partial charge in [0, 0.05) is 25.4 Å². The number of ether oxygens (including phenoxy) is 1. The minimum Gasteiger partial charge on any atom is -0.415 e. The van der Waals surface area contributed by atoms with Gasteiger partial charge in [0.25, 0.3) is 0 Å². The van der Waals surface area contributed by atoms with Crippen LogP contribution in [-0.4, -0.2) is 36.7 Å². The number of likely N-dealkylation sites (tertiary alicyclic amines) is 1. The number of rotatable bonds is 4. The van der Waals surface area contributed by atoms with Gasteiger partial charge in [-0.15, -0.1) is 0 Å². The molecule has 1 aliphatic rings. The fourth-order valence-electron chi connectivity index (χ4n) is 1.69. The van der Waals surface area contributed by atoms with Gasteiger partial charge in [0.2, 0.25) is 6.36 Å². The van der Waals surface area contributed by atoms with Gasteiger partial charge in [0.15, 0.2) is 0 Å². The third kappa shape index (κ3) is 3.79. The molecule has 1 saturated heterocycles. The number of alkyl halides is 1. The van der Waals surface area contributed by atoms with Crippen molar-refractivity contribution in [2.24, 2.45) is 5.92 Å². The van der Waals surface area contributed by atoms with E-state index >= 15 is 0 Å². The van der Waals surface area contributed by atoms with Crippen LogP contribution in [0.15, 0.2) is 0 Å². The normalized spacial score (nSPS) is 19.2. The Balaban J connectivity index is 2.30. The van der Waals surface area contributed by atoms with Crippen LogP contribution in [0.1, 0.15) is 32.6 Å². The highest BCUT2D eigenvalue weighted by Crippen LogP contribution is 2.16. The molecule has 1 unspecified atom stereocenters. The molecule has 1 fully saturated rings. The molecule has 0 aromatic carbocycles. The Morgan fingerprint density at radius 2 is 2.19 bits per heavy atom. The third-order valence-electron chi connectivity index (χ3n) is 2.73. The van der Waals surface area contributed by atoms with Crippen molar-refractivity contribution in [3.8, 4) is 0 Å². The number of nitrogens with zero attached hydrogens (tertiary/aromatic N) is 1. The highest BCUT2D eigenvalue weighted by molar-refractivity contribution is 5.68. The molecule has 1 heterocycles. The van der Waals surface area contributed by atoms with Crippen LogP contribution in [-0.2, 0) is 9.53 Å². The molecule has 4 nitrogen and oxygen atoms in total. The predicted molar refractivity (Wildman–Crippen MR) is 56.6 cm³/mol. The molecule has 0 aliphatic carbocycles. The summed E-state index contributed by atoms with van der Waals surface area (Å²) in [5.74, 6) is 0.0286. The number of piperidine rings is 1. The molecule has 0 spiro atoms. The smallest absolute Gasteiger partial charge is 0.412 e. The van der Waals surface area contributed by atoms with Crippen molar-refractivity contribution in [3.63, 3.8) is 0 Å². The van der Waals surface area contributed by atoms with E-state index in [1.54, 1.807) is 0 Å². The van der Waals surface area contributed by atoms with E-state index in [0.717, 1.165) is 6.29 Å². The van der Waals surface area contributed by atoms with Crippen LogP contribution in [0.5, 0.6) is 0 Å². The maximum atomic E-state index is 13.0. The van der Waals surface area contributed by atoms with Crippen molar-refractivity contribution >= 4 is 12.4 Å². The summed E-state index contributed by atoms with van der Waals surface area (Å²) in [6.07, 6.45) is 0.953. The lowest BCUT2D eigenvalue weighted by Crippen LogP contribution is -2.40. The Kier molecular flexibility index (Phi) is 5.22. The first-order chi connectivity index (χ1) is 7.67. The highest BCUT2D eigenvalue weighted by atomic mass is 19.1. The zero-order valence-electron chi connectivity index (χ0n) is 9.52. The highest BCUT2D eigenvalue weighted by Gasteiger charge is 2.24. The monoisotopic (exact) mass is 231 g/mol. The molecule has 1 aliphatic heterocycles. The van der Waals surface area contributed by atoms with Gasteiger partial charge in [-0.2, -0.15) is 0 Å². The van der Waals surface area contributed by atoms with Crippen LogP contribution in [0.2, 0.25) is 0 Å². The van der Waals surface area contributed by atoms with E-state index in [0.29, 0.717) is 32.4 Å². The van der Waals surface area contributed by atoms with E-state index < -0.39 is 12.5 Å². The number of halogens is 1. The summed E-state index contributed by atoms with van der Waals surface area (Å²) in [7, 11) is 0. The topological polar surface area (TPSA) is 46.6 Å². The van der Waals surface area contributed by atoms with Gasteiger partial charge in [0.05, 0.1) is 0 Å². The van der Waals surface area contributed by atoms with E-state index in [9.17, 15) is 14.0 Å². The Morgan fingerprint density at radius 3 is 2.69 bits per heavy atom. The second-order valence-electron chi connectivity index (χ2n) is 4.04. The zero-order chi connectivity index (χ0) is 12.0. The minimum atomic E-state index is -1.51. The predicted octanol–water partition coefficient (Wildman–Crippen LogP) is 2.13. The first kappa shape index (κ1) is 12.9. The molecule has 0 radical (unpaired) electrons. The molecule has 0 N–H and O–H groups in total. The Hall–Kier alpha value is -1.13. The number of hydrogen-bond donors (Lipinski definition) is 0. The fraction of sp³-hybridized carbons (Fsp3) is 0.818. The molecule has 0 bridgehead atoms. The van der Waals surface area contributed by atoms with E-state index in [2.05, 4.69) is 4.74 Å². The molecular weight excluding hydrogens is 213 g/mol. The van der Waals surface area contributed by atoms with Crippen molar-refractivity contribution < 1.29 is 18.7 Å². The van der Waals surface area contributed by atoms with E-state index in [4.69, 9.17) is 0 Å². The van der Waals surface area contributed by atoms with Crippen molar-refractivity contribution in [3.05, 3.63) is 0 Å². The SMILES string of the molecule is CCCC(F)OC(=O)N1CCC(C=O)CC1. The van der Waals surface area contributed by atoms with Gasteiger partial charge in [-0.25, -0.2) is 9.18 Å². The largest absolute Gasteiger partial charge is 0.415 e. The maximum Gasteiger partial charge on any atom is 0.412 e. The summed E-state index contributed by atoms with van der Waals surface area (Å²) < 4.78 is 17.7. The van der Waals surface area contributed by atoms with E-state index in [1.807, 2.05) is 6.92 Å². The third-order valence-corrected chi connectivity index (χ3v) is 2.73. The maximum absolute atomic E-state index is 13.0. The lowest BCUT2D eigenvalue weighted by Gasteiger charge is -2.29. The molecule has 1 rings (SSSR count). The van der Waals surface area contributed by atoms with Crippen LogP contribution < -0.4 is 0 Å². The van der Waals surface area contributed by atoms with Crippen molar-refractivity contribution in [1.29, 1.82) is 0 Å². The lowest BCUT2D eigenvalue weighted by molar-refractivity contribution is -0.112. The summed E-state index contributed by atoms with van der Waals surface area (Å²) in [6, 6.07) is 0. The van der Waals surface area contributed by atoms with Gasteiger partial charge in [-0.1, -0.05) is 6.92 Å². The molecule has 16 heavy (non-hydrogen) atoms. The second-order valence-corrected chi connectivity index (χ2v) is 4.04. The molecule has 92 valence electrons. The van der Waals surface area contributed by atoms with E-state index in [1.165, 1.54) is 4.90 Å². The Morgan fingerprint density at radius 1 is 1.56 bits per heavy atom. The molecule has 1 atom stereocenters. The number of carbonyl (C=O) groups excluding carboxylic acids is 2. The number of carbonyl (C=O) groups is 2. The van der Waals surface area contributed by atoms with Crippen LogP contribution in [0, 0.1) is 5.92 Å². The molecular formula is C11H18FNO3. The first-order valence-electron chi connectivity index (χ1n) is 5.72. The summed E-state index contributed by atoms with van der Waals surface area (Å²) in [4.78, 5) is 23.4. The van der Waals surface area contributed by atoms with Crippen molar-refractivity contribution in [2.75, 3.05) is 13.1 Å². The van der Waals surface area contributed by atoms with Crippen LogP contribution >= 0.6 is 0 Å². The Bertz CT molecular complexity index is 239. The fourth-order valence-corrected chi connectivity index (χ4v) is 1.69. The summed E-state index contributed by atoms with van der Waals surface area (Å²) >= 11 is 0. The summed E-state index contributed by atoms with van der Waals surface area (Å²) in [5, 5.41) is 0. The second kappa shape index (κ2) is 6.45. The summed E-state index contributed by atoms with van der Waals surface area (Å²) in [6.45, 7) is 2.78. The molecule has 0 aromatic rings. The quantitative estimate of drug-likeness (QED) is 0.696. The molecule has 1 amide bonds. The zero-order valence-corrected chi connectivity index (χ0v) is 9.52. The van der Waals surface area contributed by atoms with Gasteiger partial charge >= 0.3 is 6.09 Å². The van der Waals surface area contributed by atoms with Crippen molar-refractivity contribution in [1.82, 2.24) is 4.90 Å². The summed E-state index contributed by atoms with van der Waals surface area (Å²) in [5.41, 5.74) is 0. The molecule has 0 aromatic heterocycles. The number of aldehydes is 1. The van der Waals surface area contributed by atoms with Crippen LogP contribution in [0.25, 0.3) is 0 Å². The van der Waals surface area contributed by atoms with Gasteiger partial charge in [-0.05, 0) is 19.3 Å². The first-order valence-corrected chi connectivity index (χ1v) is 5.72. The van der Waals surface area contributed by atoms with Gasteiger partial charge < -0.3 is 14.4 Å². The van der Waals surface area contributed by atoms with Gasteiger partial charge in [-0.3, -0.25) is 0 Å². The molecule has 5 heteroatoms. The average molecular weight is 231 g/mol. The number of amides is 1. The van der Waals surface area contributed by atoms with Crippen molar-refractivity contribution in [2.45, 2.75) is 39.0 Å². The lowest BCUT2D eigenvalue weighted by atomic mass is 9.99. The standard InChI is InChI=1S/C11H18FNO3/c1-2-3-10(12)16-11(15)13-6-4-9(8-14)5-7-13/h8-10H,2-7H2,1H3. The molecule has 0 saturated carbocycles. The van der Waals surface area contributed by atoms with Gasteiger partial charge in [0.1, 0.15) is 6.29 Å². The average Bonchev–Trinajstić information content (AvgIpc) is 2.29. The van der Waals surface area contributed by atoms with E-state index in [-0.39, 0.29) is 12.3 Å². The Labute approximate surface area is 94.7 Å². The van der Waals surface area contributed by atoms with Crippen LogP contribution in [0.4, 0.5) is 9.18 Å².